The minimum Gasteiger partial charge on any atom is -0.479 e. The summed E-state index contributed by atoms with van der Waals surface area (Å²) in [5.41, 5.74) is -2.22. The summed E-state index contributed by atoms with van der Waals surface area (Å²) >= 11 is 0. The highest BCUT2D eigenvalue weighted by atomic mass is 16.4. The van der Waals surface area contributed by atoms with Crippen LogP contribution in [0.5, 0.6) is 0 Å². The van der Waals surface area contributed by atoms with Gasteiger partial charge in [0.2, 0.25) is 0 Å². The molecule has 2 heterocycles. The molecule has 0 spiro atoms. The van der Waals surface area contributed by atoms with Crippen molar-refractivity contribution in [3.8, 4) is 0 Å². The third-order valence-electron chi connectivity index (χ3n) is 4.82. The first-order valence-electron chi connectivity index (χ1n) is 8.29. The van der Waals surface area contributed by atoms with Crippen LogP contribution >= 0.6 is 0 Å². The molecule has 2 aromatic rings. The Morgan fingerprint density at radius 3 is 2.46 bits per heavy atom. The van der Waals surface area contributed by atoms with Gasteiger partial charge in [0, 0.05) is 38.0 Å². The van der Waals surface area contributed by atoms with Gasteiger partial charge in [-0.1, -0.05) is 0 Å². The second-order valence-electron chi connectivity index (χ2n) is 6.37. The highest BCUT2D eigenvalue weighted by molar-refractivity contribution is 5.97. The van der Waals surface area contributed by atoms with Gasteiger partial charge in [-0.15, -0.1) is 0 Å². The summed E-state index contributed by atoms with van der Waals surface area (Å²) in [7, 11) is 0. The average Bonchev–Trinajstić information content (AvgIpc) is 2.61. The van der Waals surface area contributed by atoms with Crippen LogP contribution in [0.25, 0.3) is 10.9 Å². The number of carbonyl (C=O) groups excluding carboxylic acids is 1. The van der Waals surface area contributed by atoms with Gasteiger partial charge in [0.25, 0.3) is 11.5 Å². The third-order valence-corrected chi connectivity index (χ3v) is 4.82. The monoisotopic (exact) mass is 361 g/mol. The number of rotatable bonds is 3. The van der Waals surface area contributed by atoms with Crippen molar-refractivity contribution in [1.29, 1.82) is 0 Å². The lowest BCUT2D eigenvalue weighted by Gasteiger charge is -2.35. The van der Waals surface area contributed by atoms with Crippen LogP contribution in [0.1, 0.15) is 30.1 Å². The van der Waals surface area contributed by atoms with Crippen LogP contribution < -0.4 is 11.2 Å². The Hall–Kier alpha value is -2.94. The number of fused-ring (bicyclic) bond motifs is 1. The maximum absolute atomic E-state index is 12.6. The molecule has 0 aliphatic carbocycles. The van der Waals surface area contributed by atoms with E-state index in [2.05, 4.69) is 4.98 Å². The first kappa shape index (κ1) is 17.9. The Labute approximate surface area is 147 Å². The molecule has 138 valence electrons. The predicted octanol–water partition coefficient (Wildman–Crippen LogP) is -0.239. The second kappa shape index (κ2) is 6.41. The summed E-state index contributed by atoms with van der Waals surface area (Å²) in [6.07, 6.45) is -0.112. The smallest absolute Gasteiger partial charge is 0.335 e. The van der Waals surface area contributed by atoms with E-state index in [1.807, 2.05) is 0 Å². The molecule has 1 saturated heterocycles. The molecule has 0 saturated carbocycles. The molecular weight excluding hydrogens is 342 g/mol. The summed E-state index contributed by atoms with van der Waals surface area (Å²) in [5.74, 6) is -1.64. The second-order valence-corrected chi connectivity index (χ2v) is 6.37. The van der Waals surface area contributed by atoms with E-state index in [1.165, 1.54) is 23.1 Å². The molecule has 26 heavy (non-hydrogen) atoms. The zero-order valence-electron chi connectivity index (χ0n) is 14.2. The zero-order chi connectivity index (χ0) is 19.1. The topological polar surface area (TPSA) is 133 Å². The fourth-order valence-electron chi connectivity index (χ4n) is 3.15. The van der Waals surface area contributed by atoms with Crippen LogP contribution in [0.2, 0.25) is 0 Å². The van der Waals surface area contributed by atoms with Crippen LogP contribution in [0, 0.1) is 0 Å². The molecular formula is C17H19N3O6. The van der Waals surface area contributed by atoms with E-state index in [1.54, 1.807) is 6.92 Å². The molecule has 1 amide bonds. The lowest BCUT2D eigenvalue weighted by molar-refractivity contribution is -0.162. The summed E-state index contributed by atoms with van der Waals surface area (Å²) in [4.78, 5) is 51.9. The van der Waals surface area contributed by atoms with Crippen molar-refractivity contribution in [2.75, 3.05) is 13.1 Å². The predicted molar refractivity (Wildman–Crippen MR) is 92.2 cm³/mol. The molecule has 9 nitrogen and oxygen atoms in total. The molecule has 9 heteroatoms. The van der Waals surface area contributed by atoms with Gasteiger partial charge in [0.05, 0.1) is 10.9 Å². The van der Waals surface area contributed by atoms with Crippen molar-refractivity contribution in [3.63, 3.8) is 0 Å². The summed E-state index contributed by atoms with van der Waals surface area (Å²) in [5, 5.41) is 19.3. The number of benzene rings is 1. The molecule has 1 aliphatic heterocycles. The number of piperidine rings is 1. The molecule has 1 aliphatic rings. The highest BCUT2D eigenvalue weighted by Gasteiger charge is 2.40. The van der Waals surface area contributed by atoms with Crippen LogP contribution in [0.3, 0.4) is 0 Å². The number of nitrogens with one attached hydrogen (secondary N) is 1. The number of aromatic nitrogens is 2. The van der Waals surface area contributed by atoms with E-state index in [0.717, 1.165) is 4.57 Å². The van der Waals surface area contributed by atoms with Gasteiger partial charge < -0.3 is 20.1 Å². The standard InChI is InChI=1S/C17H19N3O6/c1-2-20-14(22)11-4-3-10(9-12(11)18-16(20)25)13(21)19-7-5-17(26,6-8-19)15(23)24/h3-4,9,26H,2,5-8H2,1H3,(H,18,25)(H,23,24). The zero-order valence-corrected chi connectivity index (χ0v) is 14.2. The Bertz CT molecular complexity index is 998. The molecule has 0 bridgehead atoms. The minimum absolute atomic E-state index is 0.0559. The van der Waals surface area contributed by atoms with Gasteiger partial charge in [0.15, 0.2) is 5.60 Å². The number of aromatic amines is 1. The lowest BCUT2D eigenvalue weighted by Crippen LogP contribution is -2.50. The highest BCUT2D eigenvalue weighted by Crippen LogP contribution is 2.24. The summed E-state index contributed by atoms with van der Waals surface area (Å²) in [6.45, 7) is 2.14. The number of amides is 1. The lowest BCUT2D eigenvalue weighted by atomic mass is 9.91. The van der Waals surface area contributed by atoms with E-state index in [4.69, 9.17) is 5.11 Å². The normalized spacial score (nSPS) is 16.6. The number of aliphatic carboxylic acids is 1. The number of hydrogen-bond acceptors (Lipinski definition) is 5. The maximum atomic E-state index is 12.6. The SMILES string of the molecule is CCn1c(=O)[nH]c2cc(C(=O)N3CCC(O)(C(=O)O)CC3)ccc2c1=O. The van der Waals surface area contributed by atoms with E-state index in [0.29, 0.717) is 5.39 Å². The third kappa shape index (κ3) is 2.90. The molecule has 1 fully saturated rings. The van der Waals surface area contributed by atoms with Gasteiger partial charge >= 0.3 is 11.7 Å². The number of carboxylic acid groups (broad SMARTS) is 1. The molecule has 1 aromatic carbocycles. The van der Waals surface area contributed by atoms with Crippen LogP contribution in [-0.4, -0.2) is 55.2 Å². The van der Waals surface area contributed by atoms with E-state index < -0.39 is 22.8 Å². The van der Waals surface area contributed by atoms with Crippen molar-refractivity contribution >= 4 is 22.8 Å². The van der Waals surface area contributed by atoms with Gasteiger partial charge in [-0.3, -0.25) is 14.2 Å². The number of carboxylic acids is 1. The number of aliphatic hydroxyl groups is 1. The number of hydrogen-bond donors (Lipinski definition) is 3. The van der Waals surface area contributed by atoms with Crippen LogP contribution in [-0.2, 0) is 11.3 Å². The summed E-state index contributed by atoms with van der Waals surface area (Å²) < 4.78 is 1.07. The Balaban J connectivity index is 1.89. The molecule has 1 aromatic heterocycles. The number of carbonyl (C=O) groups is 2. The average molecular weight is 361 g/mol. The maximum Gasteiger partial charge on any atom is 0.335 e. The molecule has 0 atom stereocenters. The van der Waals surface area contributed by atoms with Gasteiger partial charge in [-0.25, -0.2) is 9.59 Å². The van der Waals surface area contributed by atoms with Gasteiger partial charge in [0.1, 0.15) is 0 Å². The summed E-state index contributed by atoms with van der Waals surface area (Å²) in [6, 6.07) is 4.44. The molecule has 0 radical (unpaired) electrons. The van der Waals surface area contributed by atoms with E-state index in [-0.39, 0.29) is 49.5 Å². The van der Waals surface area contributed by atoms with Gasteiger partial charge in [-0.2, -0.15) is 0 Å². The minimum atomic E-state index is -1.81. The van der Waals surface area contributed by atoms with Crippen molar-refractivity contribution in [3.05, 3.63) is 44.6 Å². The number of H-pyrrole nitrogens is 1. The number of likely N-dealkylation sites (tertiary alicyclic amines) is 1. The largest absolute Gasteiger partial charge is 0.479 e. The van der Waals surface area contributed by atoms with Crippen molar-refractivity contribution < 1.29 is 19.8 Å². The number of nitrogens with zero attached hydrogens (tertiary/aromatic N) is 2. The van der Waals surface area contributed by atoms with Crippen LogP contribution in [0.15, 0.2) is 27.8 Å². The molecule has 3 N–H and O–H groups in total. The Morgan fingerprint density at radius 2 is 1.88 bits per heavy atom. The Kier molecular flexibility index (Phi) is 4.41. The van der Waals surface area contributed by atoms with E-state index in [9.17, 15) is 24.3 Å². The van der Waals surface area contributed by atoms with Gasteiger partial charge in [-0.05, 0) is 25.1 Å². The van der Waals surface area contributed by atoms with Crippen molar-refractivity contribution in [1.82, 2.24) is 14.5 Å². The Morgan fingerprint density at radius 1 is 1.23 bits per heavy atom. The molecule has 3 rings (SSSR count). The first-order chi connectivity index (χ1) is 12.3. The molecule has 0 unspecified atom stereocenters. The van der Waals surface area contributed by atoms with Crippen molar-refractivity contribution in [2.24, 2.45) is 0 Å². The quantitative estimate of drug-likeness (QED) is 0.691. The fraction of sp³-hybridized carbons (Fsp3) is 0.412. The van der Waals surface area contributed by atoms with E-state index >= 15 is 0 Å². The van der Waals surface area contributed by atoms with Crippen LogP contribution in [0.4, 0.5) is 0 Å². The fourth-order valence-corrected chi connectivity index (χ4v) is 3.15. The first-order valence-corrected chi connectivity index (χ1v) is 8.29. The van der Waals surface area contributed by atoms with Crippen molar-refractivity contribution in [2.45, 2.75) is 31.9 Å².